The van der Waals surface area contributed by atoms with Crippen LogP contribution in [0.2, 0.25) is 0 Å². The molecule has 0 saturated carbocycles. The monoisotopic (exact) mass is 389 g/mol. The second-order valence-electron chi connectivity index (χ2n) is 7.28. The highest BCUT2D eigenvalue weighted by Crippen LogP contribution is 2.33. The maximum absolute atomic E-state index is 10.8. The summed E-state index contributed by atoms with van der Waals surface area (Å²) >= 11 is 0. The number of aliphatic hydroxyl groups excluding tert-OH is 1. The minimum atomic E-state index is -0.594. The van der Waals surface area contributed by atoms with Crippen molar-refractivity contribution < 1.29 is 14.6 Å². The van der Waals surface area contributed by atoms with Gasteiger partial charge in [-0.3, -0.25) is 0 Å². The normalized spacial score (nSPS) is 12.4. The number of rotatable bonds is 7. The lowest BCUT2D eigenvalue weighted by Crippen LogP contribution is -2.03. The molecule has 0 aliphatic rings. The van der Waals surface area contributed by atoms with Gasteiger partial charge in [0.2, 0.25) is 0 Å². The van der Waals surface area contributed by atoms with Gasteiger partial charge in [0.05, 0.1) is 20.3 Å². The number of methoxy groups -OCH3 is 2. The van der Waals surface area contributed by atoms with Gasteiger partial charge in [-0.1, -0.05) is 24.3 Å². The first kappa shape index (κ1) is 19.3. The Morgan fingerprint density at radius 1 is 0.897 bits per heavy atom. The topological polar surface area (TPSA) is 43.6 Å². The van der Waals surface area contributed by atoms with Gasteiger partial charge in [0.1, 0.15) is 11.5 Å². The standard InChI is InChI=1S/C25H27NO3/c1-4-26-22-8-6-5-7-19(22)21-15-17(9-13-23(21)26)10-14-24(27)20-12-11-18(28-2)16-25(20)29-3/h5-9,11-13,15-16,24,27H,4,10,14H2,1-3H3. The van der Waals surface area contributed by atoms with Gasteiger partial charge in [-0.25, -0.2) is 0 Å². The van der Waals surface area contributed by atoms with Crippen LogP contribution >= 0.6 is 0 Å². The molecule has 4 aromatic rings. The largest absolute Gasteiger partial charge is 0.497 e. The second-order valence-corrected chi connectivity index (χ2v) is 7.28. The Morgan fingerprint density at radius 3 is 2.45 bits per heavy atom. The number of aromatic nitrogens is 1. The summed E-state index contributed by atoms with van der Waals surface area (Å²) in [6, 6.07) is 20.7. The molecule has 4 rings (SSSR count). The highest BCUT2D eigenvalue weighted by atomic mass is 16.5. The summed E-state index contributed by atoms with van der Waals surface area (Å²) in [6.45, 7) is 3.12. The third-order valence-electron chi connectivity index (χ3n) is 5.66. The Kier molecular flexibility index (Phi) is 5.45. The second kappa shape index (κ2) is 8.18. The Morgan fingerprint density at radius 2 is 1.69 bits per heavy atom. The van der Waals surface area contributed by atoms with E-state index in [1.807, 2.05) is 18.2 Å². The lowest BCUT2D eigenvalue weighted by molar-refractivity contribution is 0.163. The molecule has 1 N–H and O–H groups in total. The summed E-state index contributed by atoms with van der Waals surface area (Å²) in [6.07, 6.45) is 0.821. The van der Waals surface area contributed by atoms with Crippen molar-refractivity contribution in [2.24, 2.45) is 0 Å². The molecule has 0 amide bonds. The van der Waals surface area contributed by atoms with Crippen molar-refractivity contribution in [3.8, 4) is 11.5 Å². The molecule has 0 aliphatic carbocycles. The fourth-order valence-electron chi connectivity index (χ4n) is 4.15. The lowest BCUT2D eigenvalue weighted by Gasteiger charge is -2.16. The number of fused-ring (bicyclic) bond motifs is 3. The van der Waals surface area contributed by atoms with E-state index in [1.165, 1.54) is 27.4 Å². The van der Waals surface area contributed by atoms with Crippen molar-refractivity contribution in [2.45, 2.75) is 32.4 Å². The van der Waals surface area contributed by atoms with Gasteiger partial charge < -0.3 is 19.1 Å². The van der Waals surface area contributed by atoms with Crippen molar-refractivity contribution in [2.75, 3.05) is 14.2 Å². The van der Waals surface area contributed by atoms with Crippen molar-refractivity contribution in [3.05, 3.63) is 71.8 Å². The van der Waals surface area contributed by atoms with Crippen LogP contribution < -0.4 is 9.47 Å². The first-order chi connectivity index (χ1) is 14.2. The van der Waals surface area contributed by atoms with Crippen molar-refractivity contribution in [1.82, 2.24) is 4.57 Å². The molecular weight excluding hydrogens is 362 g/mol. The van der Waals surface area contributed by atoms with Crippen LogP contribution in [-0.2, 0) is 13.0 Å². The van der Waals surface area contributed by atoms with E-state index in [4.69, 9.17) is 9.47 Å². The molecule has 1 unspecified atom stereocenters. The zero-order valence-corrected chi connectivity index (χ0v) is 17.2. The molecule has 0 spiro atoms. The van der Waals surface area contributed by atoms with Gasteiger partial charge in [-0.15, -0.1) is 0 Å². The average molecular weight is 389 g/mol. The fraction of sp³-hybridized carbons (Fsp3) is 0.280. The van der Waals surface area contributed by atoms with Gasteiger partial charge >= 0.3 is 0 Å². The van der Waals surface area contributed by atoms with Crippen LogP contribution in [0.4, 0.5) is 0 Å². The van der Waals surface area contributed by atoms with Gasteiger partial charge in [0, 0.05) is 40.0 Å². The number of para-hydroxylation sites is 1. The number of nitrogens with zero attached hydrogens (tertiary/aromatic N) is 1. The van der Waals surface area contributed by atoms with E-state index in [0.29, 0.717) is 12.2 Å². The number of hydrogen-bond donors (Lipinski definition) is 1. The maximum atomic E-state index is 10.8. The van der Waals surface area contributed by atoms with E-state index >= 15 is 0 Å². The lowest BCUT2D eigenvalue weighted by atomic mass is 9.99. The van der Waals surface area contributed by atoms with Crippen LogP contribution in [0.3, 0.4) is 0 Å². The Hall–Kier alpha value is -2.98. The van der Waals surface area contributed by atoms with E-state index in [9.17, 15) is 5.11 Å². The SMILES string of the molecule is CCn1c2ccccc2c2cc(CCC(O)c3ccc(OC)cc3OC)ccc21. The van der Waals surface area contributed by atoms with E-state index in [0.717, 1.165) is 24.3 Å². The summed E-state index contributed by atoms with van der Waals surface area (Å²) in [5.74, 6) is 1.37. The molecule has 0 aliphatic heterocycles. The van der Waals surface area contributed by atoms with Gasteiger partial charge in [-0.05, 0) is 55.7 Å². The van der Waals surface area contributed by atoms with Gasteiger partial charge in [0.15, 0.2) is 0 Å². The Bertz CT molecular complexity index is 1150. The number of ether oxygens (including phenoxy) is 2. The first-order valence-electron chi connectivity index (χ1n) is 10.1. The summed E-state index contributed by atoms with van der Waals surface area (Å²) in [4.78, 5) is 0. The molecular formula is C25H27NO3. The highest BCUT2D eigenvalue weighted by molar-refractivity contribution is 6.08. The van der Waals surface area contributed by atoms with E-state index < -0.39 is 6.10 Å². The minimum Gasteiger partial charge on any atom is -0.497 e. The molecule has 150 valence electrons. The summed E-state index contributed by atoms with van der Waals surface area (Å²) in [5, 5.41) is 13.3. The molecule has 3 aromatic carbocycles. The third kappa shape index (κ3) is 3.56. The molecule has 4 heteroatoms. The highest BCUT2D eigenvalue weighted by Gasteiger charge is 2.15. The fourth-order valence-corrected chi connectivity index (χ4v) is 4.15. The quantitative estimate of drug-likeness (QED) is 0.454. The van der Waals surface area contributed by atoms with E-state index in [-0.39, 0.29) is 0 Å². The van der Waals surface area contributed by atoms with Crippen LogP contribution in [-0.4, -0.2) is 23.9 Å². The number of aliphatic hydroxyl groups is 1. The molecule has 1 atom stereocenters. The predicted molar refractivity (Wildman–Crippen MR) is 118 cm³/mol. The maximum Gasteiger partial charge on any atom is 0.128 e. The van der Waals surface area contributed by atoms with Crippen molar-refractivity contribution >= 4 is 21.8 Å². The first-order valence-corrected chi connectivity index (χ1v) is 10.1. The zero-order chi connectivity index (χ0) is 20.4. The molecule has 4 nitrogen and oxygen atoms in total. The molecule has 1 heterocycles. The van der Waals surface area contributed by atoms with Crippen LogP contribution in [0.1, 0.15) is 30.6 Å². The van der Waals surface area contributed by atoms with Crippen molar-refractivity contribution in [3.63, 3.8) is 0 Å². The number of aryl methyl sites for hydroxylation is 2. The minimum absolute atomic E-state index is 0.594. The smallest absolute Gasteiger partial charge is 0.128 e. The van der Waals surface area contributed by atoms with Crippen molar-refractivity contribution in [1.29, 1.82) is 0 Å². The molecule has 0 radical (unpaired) electrons. The predicted octanol–water partition coefficient (Wildman–Crippen LogP) is 5.50. The average Bonchev–Trinajstić information content (AvgIpc) is 3.09. The van der Waals surface area contributed by atoms with E-state index in [1.54, 1.807) is 14.2 Å². The summed E-state index contributed by atoms with van der Waals surface area (Å²) < 4.78 is 13.0. The Balaban J connectivity index is 1.59. The molecule has 29 heavy (non-hydrogen) atoms. The summed E-state index contributed by atoms with van der Waals surface area (Å²) in [5.41, 5.74) is 4.54. The molecule has 0 bridgehead atoms. The van der Waals surface area contributed by atoms with Crippen LogP contribution in [0.25, 0.3) is 21.8 Å². The summed E-state index contributed by atoms with van der Waals surface area (Å²) in [7, 11) is 3.24. The molecule has 0 fully saturated rings. The molecule has 0 saturated heterocycles. The number of hydrogen-bond acceptors (Lipinski definition) is 3. The zero-order valence-electron chi connectivity index (χ0n) is 17.2. The van der Waals surface area contributed by atoms with Crippen LogP contribution in [0.15, 0.2) is 60.7 Å². The van der Waals surface area contributed by atoms with Crippen LogP contribution in [0.5, 0.6) is 11.5 Å². The number of benzene rings is 3. The molecule has 1 aromatic heterocycles. The van der Waals surface area contributed by atoms with Gasteiger partial charge in [0.25, 0.3) is 0 Å². The third-order valence-corrected chi connectivity index (χ3v) is 5.66. The Labute approximate surface area is 171 Å². The van der Waals surface area contributed by atoms with Gasteiger partial charge in [-0.2, -0.15) is 0 Å². The van der Waals surface area contributed by atoms with Crippen LogP contribution in [0, 0.1) is 0 Å². The van der Waals surface area contributed by atoms with E-state index in [2.05, 4.69) is 54.0 Å².